The number of anilines is 1. The van der Waals surface area contributed by atoms with Crippen LogP contribution in [0.5, 0.6) is 5.75 Å². The molecule has 0 atom stereocenters. The molecule has 1 saturated heterocycles. The highest BCUT2D eigenvalue weighted by Gasteiger charge is 2.16. The number of carbonyl (C=O) groups excluding carboxylic acids is 1. The first-order valence-corrected chi connectivity index (χ1v) is 7.57. The number of ether oxygens (including phenoxy) is 2. The topological polar surface area (TPSA) is 63.7 Å². The number of hydrogen-bond acceptors (Lipinski definition) is 4. The summed E-state index contributed by atoms with van der Waals surface area (Å²) in [4.78, 5) is 17.9. The van der Waals surface area contributed by atoms with E-state index < -0.39 is 0 Å². The minimum atomic E-state index is -0.0997. The van der Waals surface area contributed by atoms with E-state index in [9.17, 15) is 4.79 Å². The van der Waals surface area contributed by atoms with Gasteiger partial charge in [0.25, 0.3) is 0 Å². The summed E-state index contributed by atoms with van der Waals surface area (Å²) < 4.78 is 10.9. The molecule has 0 spiro atoms. The average Bonchev–Trinajstić information content (AvgIpc) is 2.63. The lowest BCUT2D eigenvalue weighted by molar-refractivity contribution is 0.0564. The molecule has 0 unspecified atom stereocenters. The molecule has 2 heterocycles. The summed E-state index contributed by atoms with van der Waals surface area (Å²) in [6.45, 7) is 2.90. The molecule has 1 aromatic carbocycles. The monoisotopic (exact) mass is 313 g/mol. The largest absolute Gasteiger partial charge is 0.489 e. The Labute approximate surface area is 135 Å². The molecule has 6 nitrogen and oxygen atoms in total. The zero-order valence-corrected chi connectivity index (χ0v) is 12.8. The van der Waals surface area contributed by atoms with Crippen LogP contribution in [0.2, 0.25) is 0 Å². The van der Waals surface area contributed by atoms with Crippen LogP contribution in [0.3, 0.4) is 0 Å². The molecule has 1 aliphatic rings. The zero-order valence-electron chi connectivity index (χ0n) is 12.8. The Hall–Kier alpha value is -2.60. The first-order chi connectivity index (χ1) is 11.3. The molecule has 0 saturated carbocycles. The third-order valence-corrected chi connectivity index (χ3v) is 3.53. The molecule has 1 N–H and O–H groups in total. The predicted octanol–water partition coefficient (Wildman–Crippen LogP) is 2.52. The number of morpholine rings is 1. The number of urea groups is 1. The molecule has 2 amide bonds. The fourth-order valence-electron chi connectivity index (χ4n) is 2.25. The summed E-state index contributed by atoms with van der Waals surface area (Å²) in [5, 5.41) is 2.88. The molecule has 23 heavy (non-hydrogen) atoms. The maximum Gasteiger partial charge on any atom is 0.321 e. The fourth-order valence-corrected chi connectivity index (χ4v) is 2.25. The summed E-state index contributed by atoms with van der Waals surface area (Å²) in [6, 6.07) is 11.1. The van der Waals surface area contributed by atoms with E-state index in [0.29, 0.717) is 32.9 Å². The highest BCUT2D eigenvalue weighted by Crippen LogP contribution is 2.17. The van der Waals surface area contributed by atoms with Gasteiger partial charge in [-0.05, 0) is 30.3 Å². The van der Waals surface area contributed by atoms with Gasteiger partial charge in [-0.15, -0.1) is 0 Å². The number of rotatable bonds is 4. The molecule has 0 bridgehead atoms. The third-order valence-electron chi connectivity index (χ3n) is 3.53. The number of amides is 2. The number of pyridine rings is 1. The number of hydrogen-bond donors (Lipinski definition) is 1. The Morgan fingerprint density at radius 2 is 2.00 bits per heavy atom. The molecule has 2 aromatic rings. The van der Waals surface area contributed by atoms with Gasteiger partial charge in [0.1, 0.15) is 12.4 Å². The number of aromatic nitrogens is 1. The van der Waals surface area contributed by atoms with Crippen molar-refractivity contribution >= 4 is 11.7 Å². The second-order valence-electron chi connectivity index (χ2n) is 5.20. The van der Waals surface area contributed by atoms with Crippen molar-refractivity contribution < 1.29 is 14.3 Å². The van der Waals surface area contributed by atoms with Crippen LogP contribution in [0.15, 0.2) is 48.8 Å². The molecule has 0 radical (unpaired) electrons. The van der Waals surface area contributed by atoms with Crippen molar-refractivity contribution in [3.63, 3.8) is 0 Å². The van der Waals surface area contributed by atoms with Gasteiger partial charge in [0.05, 0.1) is 13.2 Å². The molecule has 3 rings (SSSR count). The SMILES string of the molecule is O=C(Nc1ccc(OCc2cccnc2)cc1)N1CCOCC1. The standard InChI is InChI=1S/C17H19N3O3/c21-17(20-8-10-22-11-9-20)19-15-3-5-16(6-4-15)23-13-14-2-1-7-18-12-14/h1-7,12H,8-11,13H2,(H,19,21). The highest BCUT2D eigenvalue weighted by atomic mass is 16.5. The van der Waals surface area contributed by atoms with Gasteiger partial charge in [0.2, 0.25) is 0 Å². The van der Waals surface area contributed by atoms with Gasteiger partial charge in [-0.25, -0.2) is 4.79 Å². The molecule has 1 aromatic heterocycles. The molecule has 6 heteroatoms. The lowest BCUT2D eigenvalue weighted by Crippen LogP contribution is -2.43. The van der Waals surface area contributed by atoms with Gasteiger partial charge < -0.3 is 19.7 Å². The Morgan fingerprint density at radius 3 is 2.70 bits per heavy atom. The van der Waals surface area contributed by atoms with Crippen molar-refractivity contribution in [2.45, 2.75) is 6.61 Å². The summed E-state index contributed by atoms with van der Waals surface area (Å²) in [5.41, 5.74) is 1.76. The lowest BCUT2D eigenvalue weighted by atomic mass is 10.3. The van der Waals surface area contributed by atoms with E-state index in [1.807, 2.05) is 36.4 Å². The second-order valence-corrected chi connectivity index (χ2v) is 5.20. The maximum atomic E-state index is 12.1. The maximum absolute atomic E-state index is 12.1. The van der Waals surface area contributed by atoms with Crippen molar-refractivity contribution in [1.29, 1.82) is 0 Å². The van der Waals surface area contributed by atoms with Gasteiger partial charge >= 0.3 is 6.03 Å². The molecule has 0 aliphatic carbocycles. The van der Waals surface area contributed by atoms with Crippen molar-refractivity contribution in [3.8, 4) is 5.75 Å². The van der Waals surface area contributed by atoms with E-state index in [2.05, 4.69) is 10.3 Å². The minimum absolute atomic E-state index is 0.0997. The van der Waals surface area contributed by atoms with Crippen LogP contribution in [0.1, 0.15) is 5.56 Å². The van der Waals surface area contributed by atoms with Gasteiger partial charge in [0.15, 0.2) is 0 Å². The first kappa shape index (κ1) is 15.3. The number of benzene rings is 1. The number of nitrogens with one attached hydrogen (secondary N) is 1. The quantitative estimate of drug-likeness (QED) is 0.942. The average molecular weight is 313 g/mol. The molecule has 120 valence electrons. The molecule has 1 fully saturated rings. The van der Waals surface area contributed by atoms with Crippen molar-refractivity contribution in [2.24, 2.45) is 0 Å². The van der Waals surface area contributed by atoms with E-state index in [1.54, 1.807) is 17.3 Å². The van der Waals surface area contributed by atoms with Gasteiger partial charge in [-0.1, -0.05) is 6.07 Å². The van der Waals surface area contributed by atoms with Crippen LogP contribution in [0, 0.1) is 0 Å². The van der Waals surface area contributed by atoms with Gasteiger partial charge in [-0.2, -0.15) is 0 Å². The van der Waals surface area contributed by atoms with Crippen LogP contribution < -0.4 is 10.1 Å². The second kappa shape index (κ2) is 7.60. The smallest absolute Gasteiger partial charge is 0.321 e. The minimum Gasteiger partial charge on any atom is -0.489 e. The van der Waals surface area contributed by atoms with Crippen molar-refractivity contribution in [1.82, 2.24) is 9.88 Å². The summed E-state index contributed by atoms with van der Waals surface area (Å²) in [6.07, 6.45) is 3.51. The summed E-state index contributed by atoms with van der Waals surface area (Å²) in [7, 11) is 0. The Balaban J connectivity index is 1.51. The third kappa shape index (κ3) is 4.43. The molecular weight excluding hydrogens is 294 g/mol. The van der Waals surface area contributed by atoms with E-state index in [0.717, 1.165) is 17.0 Å². The van der Waals surface area contributed by atoms with Crippen molar-refractivity contribution in [2.75, 3.05) is 31.6 Å². The van der Waals surface area contributed by atoms with E-state index >= 15 is 0 Å². The summed E-state index contributed by atoms with van der Waals surface area (Å²) >= 11 is 0. The van der Waals surface area contributed by atoms with Crippen LogP contribution in [-0.2, 0) is 11.3 Å². The van der Waals surface area contributed by atoms with Crippen LogP contribution in [0.25, 0.3) is 0 Å². The lowest BCUT2D eigenvalue weighted by Gasteiger charge is -2.26. The van der Waals surface area contributed by atoms with Crippen LogP contribution >= 0.6 is 0 Å². The van der Waals surface area contributed by atoms with E-state index in [-0.39, 0.29) is 6.03 Å². The Kier molecular flexibility index (Phi) is 5.06. The summed E-state index contributed by atoms with van der Waals surface area (Å²) in [5.74, 6) is 0.748. The Bertz CT molecular complexity index is 625. The van der Waals surface area contributed by atoms with Crippen LogP contribution in [-0.4, -0.2) is 42.2 Å². The molecule has 1 aliphatic heterocycles. The van der Waals surface area contributed by atoms with E-state index in [4.69, 9.17) is 9.47 Å². The highest BCUT2D eigenvalue weighted by molar-refractivity contribution is 5.89. The van der Waals surface area contributed by atoms with Crippen LogP contribution in [0.4, 0.5) is 10.5 Å². The zero-order chi connectivity index (χ0) is 15.9. The number of carbonyl (C=O) groups is 1. The first-order valence-electron chi connectivity index (χ1n) is 7.57. The Morgan fingerprint density at radius 1 is 1.22 bits per heavy atom. The normalized spacial score (nSPS) is 14.3. The van der Waals surface area contributed by atoms with Crippen molar-refractivity contribution in [3.05, 3.63) is 54.4 Å². The predicted molar refractivity (Wildman–Crippen MR) is 86.4 cm³/mol. The van der Waals surface area contributed by atoms with Gasteiger partial charge in [0, 0.05) is 36.7 Å². The fraction of sp³-hybridized carbons (Fsp3) is 0.294. The van der Waals surface area contributed by atoms with E-state index in [1.165, 1.54) is 0 Å². The molecular formula is C17H19N3O3. The van der Waals surface area contributed by atoms with Gasteiger partial charge in [-0.3, -0.25) is 4.98 Å². The number of nitrogens with zero attached hydrogens (tertiary/aromatic N) is 2.